The summed E-state index contributed by atoms with van der Waals surface area (Å²) in [5.41, 5.74) is 0. The Bertz CT molecular complexity index is 138. The third kappa shape index (κ3) is 25.6. The molecule has 0 saturated carbocycles. The van der Waals surface area contributed by atoms with Gasteiger partial charge in [-0.15, -0.1) is 0 Å². The summed E-state index contributed by atoms with van der Waals surface area (Å²) < 4.78 is 0. The monoisotopic (exact) mass is 200 g/mol. The second-order valence-corrected chi connectivity index (χ2v) is 14.8. The van der Waals surface area contributed by atoms with Crippen LogP contribution in [-0.2, 0) is 11.6 Å². The third-order valence-electron chi connectivity index (χ3n) is 0.655. The molecule has 0 atom stereocenters. The van der Waals surface area contributed by atoms with E-state index in [-0.39, 0.29) is 0 Å². The molecule has 11 heavy (non-hydrogen) atoms. The fourth-order valence-electron chi connectivity index (χ4n) is 0.393. The van der Waals surface area contributed by atoms with Crippen molar-refractivity contribution in [3.8, 4) is 0 Å². The summed E-state index contributed by atoms with van der Waals surface area (Å²) in [6, 6.07) is 0. The van der Waals surface area contributed by atoms with Crippen LogP contribution in [0.2, 0.25) is 29.3 Å². The molecule has 0 radical (unpaired) electrons. The molecule has 0 fully saturated rings. The third-order valence-corrected chi connectivity index (χ3v) is 0.655. The van der Waals surface area contributed by atoms with Crippen LogP contribution in [0.15, 0.2) is 24.3 Å². The van der Waals surface area contributed by atoms with Gasteiger partial charge >= 0.3 is 40.9 Å². The zero-order valence-electron chi connectivity index (χ0n) is 8.35. The molecule has 0 heterocycles. The van der Waals surface area contributed by atoms with Gasteiger partial charge in [-0.1, -0.05) is 24.3 Å². The van der Waals surface area contributed by atoms with Crippen LogP contribution in [0.5, 0.6) is 0 Å². The van der Waals surface area contributed by atoms with Gasteiger partial charge < -0.3 is 0 Å². The zero-order chi connectivity index (χ0) is 8.98. The first-order valence-corrected chi connectivity index (χ1v) is 8.69. The van der Waals surface area contributed by atoms with Gasteiger partial charge in [0.1, 0.15) is 0 Å². The Kier molecular flexibility index (Phi) is 3.59. The summed E-state index contributed by atoms with van der Waals surface area (Å²) in [4.78, 5) is 0. The Morgan fingerprint density at radius 2 is 1.09 bits per heavy atom. The van der Waals surface area contributed by atoms with Gasteiger partial charge in [0.2, 0.25) is 0 Å². The molecule has 0 aliphatic heterocycles. The van der Waals surface area contributed by atoms with E-state index in [1.165, 1.54) is 0 Å². The van der Waals surface area contributed by atoms with E-state index in [0.29, 0.717) is 0 Å². The summed E-state index contributed by atoms with van der Waals surface area (Å²) in [6.07, 6.45) is 9.50. The molecule has 0 aromatic rings. The number of hydrogen-bond acceptors (Lipinski definition) is 0. The van der Waals surface area contributed by atoms with Gasteiger partial charge in [0.05, 0.1) is 0 Å². The van der Waals surface area contributed by atoms with Crippen molar-refractivity contribution in [2.45, 2.75) is 35.7 Å². The summed E-state index contributed by atoms with van der Waals surface area (Å²) in [6.45, 7) is 0. The molecule has 1 heteroatoms. The van der Waals surface area contributed by atoms with Crippen LogP contribution in [0, 0.1) is 0 Å². The Balaban J connectivity index is 0.000000183. The SMILES string of the molecule is C1=CCC=C1.[CH3][Co]([CH3])([CH3])([CH3])[CH3]. The quantitative estimate of drug-likeness (QED) is 0.543. The predicted molar refractivity (Wildman–Crippen MR) is 52.2 cm³/mol. The summed E-state index contributed by atoms with van der Waals surface area (Å²) >= 11 is -1.04. The number of rotatable bonds is 0. The van der Waals surface area contributed by atoms with Gasteiger partial charge in [-0.25, -0.2) is 0 Å². The van der Waals surface area contributed by atoms with Gasteiger partial charge in [0, 0.05) is 0 Å². The average molecular weight is 200 g/mol. The molecule has 0 bridgehead atoms. The van der Waals surface area contributed by atoms with Crippen molar-refractivity contribution >= 4 is 0 Å². The van der Waals surface area contributed by atoms with Crippen LogP contribution in [0.3, 0.4) is 0 Å². The molecular formula is C10H21Co. The fourth-order valence-corrected chi connectivity index (χ4v) is 0.393. The molecule has 0 nitrogen and oxygen atoms in total. The zero-order valence-corrected chi connectivity index (χ0v) is 9.39. The van der Waals surface area contributed by atoms with Crippen LogP contribution in [0.1, 0.15) is 6.42 Å². The number of allylic oxidation sites excluding steroid dienone is 4. The Labute approximate surface area is 71.9 Å². The molecule has 0 spiro atoms. The Hall–Kier alpha value is -0.0135. The fraction of sp³-hybridized carbons (Fsp3) is 0.600. The summed E-state index contributed by atoms with van der Waals surface area (Å²) in [7, 11) is 0. The molecule has 0 unspecified atom stereocenters. The van der Waals surface area contributed by atoms with E-state index in [0.717, 1.165) is 6.42 Å². The molecule has 0 N–H and O–H groups in total. The average Bonchev–Trinajstić information content (AvgIpc) is 2.03. The Morgan fingerprint density at radius 3 is 1.18 bits per heavy atom. The maximum absolute atomic E-state index is 2.34. The minimum absolute atomic E-state index is 1.04. The molecule has 1 aliphatic rings. The first-order chi connectivity index (χ1) is 4.74. The van der Waals surface area contributed by atoms with Gasteiger partial charge in [-0.3, -0.25) is 0 Å². The van der Waals surface area contributed by atoms with E-state index in [1.807, 2.05) is 0 Å². The molecule has 1 rings (SSSR count). The van der Waals surface area contributed by atoms with Crippen molar-refractivity contribution in [1.82, 2.24) is 0 Å². The molecule has 0 aromatic carbocycles. The van der Waals surface area contributed by atoms with E-state index in [1.54, 1.807) is 0 Å². The first kappa shape index (κ1) is 11.0. The van der Waals surface area contributed by atoms with E-state index in [9.17, 15) is 0 Å². The van der Waals surface area contributed by atoms with Crippen molar-refractivity contribution in [1.29, 1.82) is 0 Å². The van der Waals surface area contributed by atoms with Gasteiger partial charge in [0.25, 0.3) is 0 Å². The molecule has 1 aliphatic carbocycles. The van der Waals surface area contributed by atoms with Crippen molar-refractivity contribution in [3.63, 3.8) is 0 Å². The molecule has 0 amide bonds. The van der Waals surface area contributed by atoms with Crippen LogP contribution in [-0.4, -0.2) is 0 Å². The number of hydrogen-bond donors (Lipinski definition) is 0. The van der Waals surface area contributed by atoms with E-state index >= 15 is 0 Å². The second kappa shape index (κ2) is 3.59. The topological polar surface area (TPSA) is 0 Å². The maximum atomic E-state index is 2.34. The first-order valence-electron chi connectivity index (χ1n) is 3.48. The summed E-state index contributed by atoms with van der Waals surface area (Å²) in [5.74, 6) is 11.7. The second-order valence-electron chi connectivity index (χ2n) is 4.43. The van der Waals surface area contributed by atoms with Crippen LogP contribution in [0.25, 0.3) is 0 Å². The van der Waals surface area contributed by atoms with Crippen LogP contribution < -0.4 is 0 Å². The van der Waals surface area contributed by atoms with E-state index in [2.05, 4.69) is 53.6 Å². The van der Waals surface area contributed by atoms with Gasteiger partial charge in [-0.05, 0) is 6.42 Å². The summed E-state index contributed by atoms with van der Waals surface area (Å²) in [5, 5.41) is 0. The molecule has 0 aromatic heterocycles. The normalized spacial score (nSPS) is 18.5. The van der Waals surface area contributed by atoms with E-state index < -0.39 is 11.6 Å². The van der Waals surface area contributed by atoms with Crippen LogP contribution >= 0.6 is 0 Å². The van der Waals surface area contributed by atoms with Gasteiger partial charge in [-0.2, -0.15) is 0 Å². The van der Waals surface area contributed by atoms with Crippen LogP contribution in [0.4, 0.5) is 0 Å². The molecular weight excluding hydrogens is 179 g/mol. The molecule has 70 valence electrons. The van der Waals surface area contributed by atoms with Crippen molar-refractivity contribution < 1.29 is 11.6 Å². The van der Waals surface area contributed by atoms with E-state index in [4.69, 9.17) is 0 Å². The van der Waals surface area contributed by atoms with Crippen molar-refractivity contribution in [2.24, 2.45) is 0 Å². The minimum atomic E-state index is -1.04. The van der Waals surface area contributed by atoms with Crippen molar-refractivity contribution in [3.05, 3.63) is 24.3 Å². The predicted octanol–water partition coefficient (Wildman–Crippen LogP) is 4.42. The molecule has 0 saturated heterocycles. The van der Waals surface area contributed by atoms with Gasteiger partial charge in [0.15, 0.2) is 0 Å². The standard InChI is InChI=1S/C5H6.5CH3.Co/c1-2-4-5-3-1;;;;;;/h1-4H,5H2;5*1H3;. The van der Waals surface area contributed by atoms with Crippen molar-refractivity contribution in [2.75, 3.05) is 0 Å². The Morgan fingerprint density at radius 1 is 0.818 bits per heavy atom.